The minimum atomic E-state index is -1.56. The van der Waals surface area contributed by atoms with Gasteiger partial charge in [0, 0.05) is 0 Å². The lowest BCUT2D eigenvalue weighted by molar-refractivity contribution is -0.0559. The molecule has 0 amide bonds. The van der Waals surface area contributed by atoms with Gasteiger partial charge < -0.3 is 5.11 Å². The van der Waals surface area contributed by atoms with E-state index in [1.807, 2.05) is 0 Å². The van der Waals surface area contributed by atoms with Crippen LogP contribution in [0, 0.1) is 11.3 Å². The molecule has 1 heterocycles. The van der Waals surface area contributed by atoms with Crippen LogP contribution in [-0.4, -0.2) is 27.6 Å². The standard InChI is InChI=1S/C10H16O4S/c1-10-5-4-7-9(14-15(12)13-7)6(10)2-3-8(10)11/h6-9,11H,2-5H2,1H3/t6-,7-,8-,9+,10-,15?/m0/s1. The van der Waals surface area contributed by atoms with Crippen molar-refractivity contribution in [1.82, 2.24) is 0 Å². The van der Waals surface area contributed by atoms with Crippen LogP contribution in [0.4, 0.5) is 0 Å². The molecule has 0 aromatic rings. The molecule has 0 aromatic carbocycles. The van der Waals surface area contributed by atoms with Gasteiger partial charge in [0.15, 0.2) is 0 Å². The van der Waals surface area contributed by atoms with Gasteiger partial charge >= 0.3 is 11.4 Å². The predicted octanol–water partition coefficient (Wildman–Crippen LogP) is 0.920. The molecule has 86 valence electrons. The molecule has 1 N–H and O–H groups in total. The van der Waals surface area contributed by atoms with Crippen LogP contribution in [0.15, 0.2) is 0 Å². The van der Waals surface area contributed by atoms with Crippen molar-refractivity contribution in [2.24, 2.45) is 11.3 Å². The highest BCUT2D eigenvalue weighted by Crippen LogP contribution is 2.54. The first-order valence-electron chi connectivity index (χ1n) is 5.55. The molecule has 3 fully saturated rings. The van der Waals surface area contributed by atoms with E-state index in [9.17, 15) is 9.32 Å². The van der Waals surface area contributed by atoms with Gasteiger partial charge in [-0.05, 0) is 37.0 Å². The van der Waals surface area contributed by atoms with Crippen LogP contribution in [0.2, 0.25) is 0 Å². The Kier molecular flexibility index (Phi) is 2.22. The maximum atomic E-state index is 11.2. The SMILES string of the molecule is C[C@]12CC[C@@H]3OS(=O)O[C@@H]3[C@@H]1CC[C@@H]2O. The van der Waals surface area contributed by atoms with E-state index in [4.69, 9.17) is 8.37 Å². The summed E-state index contributed by atoms with van der Waals surface area (Å²) in [6, 6.07) is 0. The summed E-state index contributed by atoms with van der Waals surface area (Å²) < 4.78 is 21.7. The minimum Gasteiger partial charge on any atom is -0.393 e. The Bertz CT molecular complexity index is 308. The third-order valence-corrected chi connectivity index (χ3v) is 5.27. The predicted molar refractivity (Wildman–Crippen MR) is 54.0 cm³/mol. The molecular formula is C10H16O4S. The van der Waals surface area contributed by atoms with Gasteiger partial charge in [0.05, 0.1) is 6.10 Å². The molecule has 4 nitrogen and oxygen atoms in total. The van der Waals surface area contributed by atoms with Crippen LogP contribution < -0.4 is 0 Å². The van der Waals surface area contributed by atoms with Gasteiger partial charge in [-0.2, -0.15) is 4.21 Å². The average molecular weight is 232 g/mol. The van der Waals surface area contributed by atoms with Gasteiger partial charge in [0.1, 0.15) is 12.2 Å². The molecule has 3 aliphatic rings. The fourth-order valence-corrected chi connectivity index (χ4v) is 4.35. The molecule has 0 radical (unpaired) electrons. The molecule has 0 spiro atoms. The summed E-state index contributed by atoms with van der Waals surface area (Å²) in [4.78, 5) is 0. The Labute approximate surface area is 91.8 Å². The van der Waals surface area contributed by atoms with E-state index in [1.165, 1.54) is 0 Å². The molecule has 15 heavy (non-hydrogen) atoms. The highest BCUT2D eigenvalue weighted by molar-refractivity contribution is 7.75. The molecule has 2 aliphatic carbocycles. The van der Waals surface area contributed by atoms with Crippen LogP contribution in [0.25, 0.3) is 0 Å². The Morgan fingerprint density at radius 3 is 2.93 bits per heavy atom. The van der Waals surface area contributed by atoms with Crippen LogP contribution in [0.3, 0.4) is 0 Å². The Hall–Kier alpha value is 0.0300. The Morgan fingerprint density at radius 2 is 2.13 bits per heavy atom. The van der Waals surface area contributed by atoms with Gasteiger partial charge in [0.25, 0.3) is 0 Å². The zero-order valence-corrected chi connectivity index (χ0v) is 9.53. The van der Waals surface area contributed by atoms with E-state index < -0.39 is 11.4 Å². The highest BCUT2D eigenvalue weighted by Gasteiger charge is 2.57. The molecule has 0 bridgehead atoms. The number of hydrogen-bond donors (Lipinski definition) is 1. The topological polar surface area (TPSA) is 55.8 Å². The fraction of sp³-hybridized carbons (Fsp3) is 1.00. The second kappa shape index (κ2) is 3.26. The van der Waals surface area contributed by atoms with Gasteiger partial charge in [-0.15, -0.1) is 0 Å². The molecule has 5 heteroatoms. The zero-order chi connectivity index (χ0) is 10.6. The first-order valence-corrected chi connectivity index (χ1v) is 6.55. The molecule has 3 rings (SSSR count). The molecular weight excluding hydrogens is 216 g/mol. The monoisotopic (exact) mass is 232 g/mol. The summed E-state index contributed by atoms with van der Waals surface area (Å²) >= 11 is -1.56. The van der Waals surface area contributed by atoms with E-state index in [2.05, 4.69) is 6.92 Å². The average Bonchev–Trinajstić information content (AvgIpc) is 2.68. The van der Waals surface area contributed by atoms with Crippen LogP contribution in [0.1, 0.15) is 32.6 Å². The van der Waals surface area contributed by atoms with Crippen molar-refractivity contribution in [3.63, 3.8) is 0 Å². The molecule has 1 saturated heterocycles. The molecule has 1 unspecified atom stereocenters. The Balaban J connectivity index is 1.90. The molecule has 0 aromatic heterocycles. The van der Waals surface area contributed by atoms with Crippen molar-refractivity contribution >= 4 is 11.4 Å². The number of aliphatic hydroxyl groups is 1. The van der Waals surface area contributed by atoms with E-state index in [1.54, 1.807) is 0 Å². The van der Waals surface area contributed by atoms with Crippen molar-refractivity contribution in [2.45, 2.75) is 50.9 Å². The number of aliphatic hydroxyl groups excluding tert-OH is 1. The van der Waals surface area contributed by atoms with Gasteiger partial charge in [-0.3, -0.25) is 8.37 Å². The summed E-state index contributed by atoms with van der Waals surface area (Å²) in [7, 11) is 0. The summed E-state index contributed by atoms with van der Waals surface area (Å²) in [5.41, 5.74) is -0.0565. The number of hydrogen-bond acceptors (Lipinski definition) is 4. The van der Waals surface area contributed by atoms with Crippen LogP contribution >= 0.6 is 0 Å². The third kappa shape index (κ3) is 1.33. The van der Waals surface area contributed by atoms with Crippen molar-refractivity contribution in [2.75, 3.05) is 0 Å². The first-order chi connectivity index (χ1) is 7.11. The first kappa shape index (κ1) is 10.2. The minimum absolute atomic E-state index is 0.0193. The van der Waals surface area contributed by atoms with E-state index in [-0.39, 0.29) is 23.7 Å². The highest BCUT2D eigenvalue weighted by atomic mass is 32.2. The maximum Gasteiger partial charge on any atom is 0.305 e. The van der Waals surface area contributed by atoms with Crippen LogP contribution in [-0.2, 0) is 19.7 Å². The van der Waals surface area contributed by atoms with Crippen molar-refractivity contribution in [1.29, 1.82) is 0 Å². The lowest BCUT2D eigenvalue weighted by atomic mass is 9.66. The molecule has 2 saturated carbocycles. The quantitative estimate of drug-likeness (QED) is 0.675. The zero-order valence-electron chi connectivity index (χ0n) is 8.72. The normalized spacial score (nSPS) is 58.9. The lowest BCUT2D eigenvalue weighted by Gasteiger charge is -2.42. The molecule has 1 aliphatic heterocycles. The van der Waals surface area contributed by atoms with Crippen molar-refractivity contribution < 1.29 is 17.7 Å². The van der Waals surface area contributed by atoms with E-state index in [0.717, 1.165) is 25.7 Å². The second-order valence-corrected chi connectivity index (χ2v) is 5.94. The maximum absolute atomic E-state index is 11.2. The van der Waals surface area contributed by atoms with E-state index >= 15 is 0 Å². The summed E-state index contributed by atoms with van der Waals surface area (Å²) in [5.74, 6) is 0.303. The summed E-state index contributed by atoms with van der Waals surface area (Å²) in [6.07, 6.45) is 3.26. The van der Waals surface area contributed by atoms with E-state index in [0.29, 0.717) is 5.92 Å². The number of fused-ring (bicyclic) bond motifs is 3. The molecule has 6 atom stereocenters. The second-order valence-electron chi connectivity index (χ2n) is 5.14. The summed E-state index contributed by atoms with van der Waals surface area (Å²) in [6.45, 7) is 2.12. The smallest absolute Gasteiger partial charge is 0.305 e. The lowest BCUT2D eigenvalue weighted by Crippen LogP contribution is -2.47. The van der Waals surface area contributed by atoms with Crippen molar-refractivity contribution in [3.8, 4) is 0 Å². The largest absolute Gasteiger partial charge is 0.393 e. The van der Waals surface area contributed by atoms with Gasteiger partial charge in [-0.1, -0.05) is 6.92 Å². The number of rotatable bonds is 0. The van der Waals surface area contributed by atoms with Crippen LogP contribution in [0.5, 0.6) is 0 Å². The third-order valence-electron chi connectivity index (χ3n) is 4.48. The summed E-state index contributed by atoms with van der Waals surface area (Å²) in [5, 5.41) is 10.00. The fourth-order valence-electron chi connectivity index (χ4n) is 3.46. The van der Waals surface area contributed by atoms with Gasteiger partial charge in [0.2, 0.25) is 0 Å². The van der Waals surface area contributed by atoms with Crippen molar-refractivity contribution in [3.05, 3.63) is 0 Å². The van der Waals surface area contributed by atoms with Gasteiger partial charge in [-0.25, -0.2) is 0 Å². The Morgan fingerprint density at radius 1 is 1.33 bits per heavy atom.